The van der Waals surface area contributed by atoms with E-state index in [1.807, 2.05) is 27.8 Å². The summed E-state index contributed by atoms with van der Waals surface area (Å²) in [6, 6.07) is 0.199. The molecule has 3 heteroatoms. The van der Waals surface area contributed by atoms with Crippen LogP contribution in [0.1, 0.15) is 20.8 Å². The Morgan fingerprint density at radius 1 is 1.42 bits per heavy atom. The highest BCUT2D eigenvalue weighted by Crippen LogP contribution is 2.00. The molecule has 12 heavy (non-hydrogen) atoms. The van der Waals surface area contributed by atoms with Crippen molar-refractivity contribution in [3.8, 4) is 0 Å². The average Bonchev–Trinajstić information content (AvgIpc) is 2.03. The van der Waals surface area contributed by atoms with Crippen LogP contribution in [0.5, 0.6) is 0 Å². The minimum absolute atomic E-state index is 0.199. The number of nitrogens with zero attached hydrogens (tertiary/aromatic N) is 1. The first kappa shape index (κ1) is 11.9. The Hall–Kier alpha value is -0.120. The SMILES string of the molecule is CCOCCN(C)C(C)C(C)O. The maximum absolute atomic E-state index is 9.27. The van der Waals surface area contributed by atoms with Gasteiger partial charge in [-0.05, 0) is 27.8 Å². The van der Waals surface area contributed by atoms with Crippen molar-refractivity contribution in [3.05, 3.63) is 0 Å². The highest BCUT2D eigenvalue weighted by molar-refractivity contribution is 4.67. The number of aliphatic hydroxyl groups excluding tert-OH is 1. The minimum Gasteiger partial charge on any atom is -0.392 e. The van der Waals surface area contributed by atoms with Crippen molar-refractivity contribution in [2.75, 3.05) is 26.8 Å². The normalized spacial score (nSPS) is 16.5. The molecule has 0 spiro atoms. The zero-order chi connectivity index (χ0) is 9.56. The van der Waals surface area contributed by atoms with Gasteiger partial charge in [0.2, 0.25) is 0 Å². The van der Waals surface area contributed by atoms with Gasteiger partial charge in [0.1, 0.15) is 0 Å². The van der Waals surface area contributed by atoms with Gasteiger partial charge in [-0.15, -0.1) is 0 Å². The molecule has 0 aliphatic carbocycles. The molecule has 0 aliphatic heterocycles. The second-order valence-corrected chi connectivity index (χ2v) is 3.16. The first-order valence-electron chi connectivity index (χ1n) is 4.55. The molecular weight excluding hydrogens is 154 g/mol. The number of hydrogen-bond acceptors (Lipinski definition) is 3. The van der Waals surface area contributed by atoms with Gasteiger partial charge in [-0.3, -0.25) is 4.90 Å². The molecule has 0 fully saturated rings. The van der Waals surface area contributed by atoms with Crippen LogP contribution in [-0.2, 0) is 4.74 Å². The molecule has 0 aromatic carbocycles. The maximum atomic E-state index is 9.27. The Morgan fingerprint density at radius 3 is 2.42 bits per heavy atom. The lowest BCUT2D eigenvalue weighted by Gasteiger charge is -2.26. The second kappa shape index (κ2) is 6.40. The van der Waals surface area contributed by atoms with Gasteiger partial charge in [0, 0.05) is 19.2 Å². The Kier molecular flexibility index (Phi) is 6.34. The van der Waals surface area contributed by atoms with Crippen molar-refractivity contribution in [3.63, 3.8) is 0 Å². The molecule has 0 bridgehead atoms. The summed E-state index contributed by atoms with van der Waals surface area (Å²) in [7, 11) is 2.00. The lowest BCUT2D eigenvalue weighted by Crippen LogP contribution is -2.39. The van der Waals surface area contributed by atoms with Gasteiger partial charge in [0.25, 0.3) is 0 Å². The highest BCUT2D eigenvalue weighted by atomic mass is 16.5. The van der Waals surface area contributed by atoms with Gasteiger partial charge in [0.15, 0.2) is 0 Å². The molecular formula is C9H21NO2. The molecule has 2 unspecified atom stereocenters. The predicted molar refractivity (Wildman–Crippen MR) is 50.3 cm³/mol. The molecule has 1 N–H and O–H groups in total. The summed E-state index contributed by atoms with van der Waals surface area (Å²) in [6.07, 6.45) is -0.281. The molecule has 0 aliphatic rings. The van der Waals surface area contributed by atoms with Gasteiger partial charge >= 0.3 is 0 Å². The van der Waals surface area contributed by atoms with E-state index in [0.717, 1.165) is 19.8 Å². The van der Waals surface area contributed by atoms with Crippen LogP contribution in [0.25, 0.3) is 0 Å². The van der Waals surface area contributed by atoms with Crippen molar-refractivity contribution in [2.45, 2.75) is 32.9 Å². The summed E-state index contributed by atoms with van der Waals surface area (Å²) < 4.78 is 5.21. The Balaban J connectivity index is 3.49. The summed E-state index contributed by atoms with van der Waals surface area (Å²) in [6.45, 7) is 8.18. The minimum atomic E-state index is -0.281. The number of likely N-dealkylation sites (N-methyl/N-ethyl adjacent to an activating group) is 1. The van der Waals surface area contributed by atoms with Gasteiger partial charge in [-0.2, -0.15) is 0 Å². The smallest absolute Gasteiger partial charge is 0.0664 e. The van der Waals surface area contributed by atoms with Crippen LogP contribution in [0, 0.1) is 0 Å². The van der Waals surface area contributed by atoms with Crippen molar-refractivity contribution >= 4 is 0 Å². The Labute approximate surface area is 75.3 Å². The molecule has 0 amide bonds. The summed E-state index contributed by atoms with van der Waals surface area (Å²) in [5.41, 5.74) is 0. The van der Waals surface area contributed by atoms with E-state index in [1.54, 1.807) is 0 Å². The van der Waals surface area contributed by atoms with Crippen LogP contribution < -0.4 is 0 Å². The zero-order valence-electron chi connectivity index (χ0n) is 8.58. The van der Waals surface area contributed by atoms with Crippen molar-refractivity contribution in [1.82, 2.24) is 4.90 Å². The molecule has 0 aromatic heterocycles. The topological polar surface area (TPSA) is 32.7 Å². The van der Waals surface area contributed by atoms with Gasteiger partial charge in [-0.25, -0.2) is 0 Å². The van der Waals surface area contributed by atoms with Gasteiger partial charge in [0.05, 0.1) is 12.7 Å². The fourth-order valence-electron chi connectivity index (χ4n) is 0.925. The third-order valence-corrected chi connectivity index (χ3v) is 2.19. The molecule has 74 valence electrons. The van der Waals surface area contributed by atoms with E-state index in [1.165, 1.54) is 0 Å². The number of hydrogen-bond donors (Lipinski definition) is 1. The lowest BCUT2D eigenvalue weighted by molar-refractivity contribution is 0.0591. The summed E-state index contributed by atoms with van der Waals surface area (Å²) in [5.74, 6) is 0. The van der Waals surface area contributed by atoms with E-state index >= 15 is 0 Å². The standard InChI is InChI=1S/C9H21NO2/c1-5-12-7-6-10(4)8(2)9(3)11/h8-9,11H,5-7H2,1-4H3. The van der Waals surface area contributed by atoms with E-state index in [0.29, 0.717) is 0 Å². The van der Waals surface area contributed by atoms with Crippen LogP contribution >= 0.6 is 0 Å². The number of rotatable bonds is 6. The van der Waals surface area contributed by atoms with E-state index in [4.69, 9.17) is 4.74 Å². The monoisotopic (exact) mass is 175 g/mol. The Morgan fingerprint density at radius 2 is 2.00 bits per heavy atom. The van der Waals surface area contributed by atoms with Crippen LogP contribution in [0.15, 0.2) is 0 Å². The third-order valence-electron chi connectivity index (χ3n) is 2.19. The van der Waals surface area contributed by atoms with E-state index < -0.39 is 0 Å². The zero-order valence-corrected chi connectivity index (χ0v) is 8.58. The molecule has 0 rings (SSSR count). The Bertz CT molecular complexity index is 107. The lowest BCUT2D eigenvalue weighted by atomic mass is 10.2. The predicted octanol–water partition coefficient (Wildman–Crippen LogP) is 0.724. The molecule has 0 saturated heterocycles. The van der Waals surface area contributed by atoms with Crippen LogP contribution in [0.2, 0.25) is 0 Å². The third kappa shape index (κ3) is 4.70. The second-order valence-electron chi connectivity index (χ2n) is 3.16. The molecule has 0 radical (unpaired) electrons. The van der Waals surface area contributed by atoms with Crippen LogP contribution in [-0.4, -0.2) is 49.0 Å². The summed E-state index contributed by atoms with van der Waals surface area (Å²) in [5, 5.41) is 9.27. The van der Waals surface area contributed by atoms with Crippen molar-refractivity contribution < 1.29 is 9.84 Å². The van der Waals surface area contributed by atoms with E-state index in [-0.39, 0.29) is 12.1 Å². The number of ether oxygens (including phenoxy) is 1. The van der Waals surface area contributed by atoms with E-state index in [2.05, 4.69) is 4.90 Å². The maximum Gasteiger partial charge on any atom is 0.0664 e. The summed E-state index contributed by atoms with van der Waals surface area (Å²) in [4.78, 5) is 2.10. The van der Waals surface area contributed by atoms with Gasteiger partial charge < -0.3 is 9.84 Å². The molecule has 3 nitrogen and oxygen atoms in total. The quantitative estimate of drug-likeness (QED) is 0.604. The fraction of sp³-hybridized carbons (Fsp3) is 1.00. The van der Waals surface area contributed by atoms with E-state index in [9.17, 15) is 5.11 Å². The number of aliphatic hydroxyl groups is 1. The first-order chi connectivity index (χ1) is 5.59. The van der Waals surface area contributed by atoms with Gasteiger partial charge in [-0.1, -0.05) is 0 Å². The molecule has 0 saturated carbocycles. The molecule has 0 heterocycles. The van der Waals surface area contributed by atoms with Crippen LogP contribution in [0.4, 0.5) is 0 Å². The molecule has 0 aromatic rings. The average molecular weight is 175 g/mol. The largest absolute Gasteiger partial charge is 0.392 e. The van der Waals surface area contributed by atoms with Crippen LogP contribution in [0.3, 0.4) is 0 Å². The summed E-state index contributed by atoms with van der Waals surface area (Å²) >= 11 is 0. The fourth-order valence-corrected chi connectivity index (χ4v) is 0.925. The molecule has 2 atom stereocenters. The highest BCUT2D eigenvalue weighted by Gasteiger charge is 2.13. The first-order valence-corrected chi connectivity index (χ1v) is 4.55. The van der Waals surface area contributed by atoms with Crippen molar-refractivity contribution in [1.29, 1.82) is 0 Å². The van der Waals surface area contributed by atoms with Crippen molar-refractivity contribution in [2.24, 2.45) is 0 Å².